The molecule has 1 aliphatic heterocycles. The van der Waals surface area contributed by atoms with Crippen molar-refractivity contribution in [3.05, 3.63) is 42.5 Å². The Balaban J connectivity index is 1.96. The molecule has 0 saturated carbocycles. The number of para-hydroxylation sites is 1. The van der Waals surface area contributed by atoms with E-state index in [0.717, 1.165) is 22.0 Å². The highest BCUT2D eigenvalue weighted by Gasteiger charge is 2.15. The predicted octanol–water partition coefficient (Wildman–Crippen LogP) is 3.55. The highest BCUT2D eigenvalue weighted by atomic mass is 32.2. The summed E-state index contributed by atoms with van der Waals surface area (Å²) in [5.74, 6) is 0. The van der Waals surface area contributed by atoms with Gasteiger partial charge in [0.2, 0.25) is 0 Å². The molecule has 1 heterocycles. The molecule has 3 rings (SSSR count). The standard InChI is InChI=1S/C13H11N3S2/c14-13(17)15-8-5-6-10-12(7-8)18-11-4-2-1-3-9(11)16-10/h1-7,16H,(H3,14,15,17). The maximum atomic E-state index is 5.48. The van der Waals surface area contributed by atoms with Gasteiger partial charge in [0, 0.05) is 15.5 Å². The van der Waals surface area contributed by atoms with Gasteiger partial charge in [-0.2, -0.15) is 0 Å². The van der Waals surface area contributed by atoms with E-state index in [2.05, 4.69) is 22.8 Å². The Bertz CT molecular complexity index is 625. The topological polar surface area (TPSA) is 50.1 Å². The van der Waals surface area contributed by atoms with Gasteiger partial charge in [0.25, 0.3) is 0 Å². The summed E-state index contributed by atoms with van der Waals surface area (Å²) in [7, 11) is 0. The predicted molar refractivity (Wildman–Crippen MR) is 80.7 cm³/mol. The van der Waals surface area contributed by atoms with Crippen molar-refractivity contribution >= 4 is 46.2 Å². The van der Waals surface area contributed by atoms with Crippen molar-refractivity contribution < 1.29 is 0 Å². The highest BCUT2D eigenvalue weighted by Crippen LogP contribution is 2.44. The summed E-state index contributed by atoms with van der Waals surface area (Å²) in [6.07, 6.45) is 0. The third-order valence-corrected chi connectivity index (χ3v) is 3.86. The minimum absolute atomic E-state index is 0.282. The Labute approximate surface area is 115 Å². The third-order valence-electron chi connectivity index (χ3n) is 2.63. The molecule has 2 aromatic rings. The second kappa shape index (κ2) is 4.51. The summed E-state index contributed by atoms with van der Waals surface area (Å²) in [4.78, 5) is 2.38. The number of nitrogens with two attached hydrogens (primary N) is 1. The minimum Gasteiger partial charge on any atom is -0.376 e. The maximum Gasteiger partial charge on any atom is 0.168 e. The van der Waals surface area contributed by atoms with E-state index in [-0.39, 0.29) is 5.11 Å². The fourth-order valence-electron chi connectivity index (χ4n) is 1.85. The molecule has 0 radical (unpaired) electrons. The van der Waals surface area contributed by atoms with Gasteiger partial charge in [-0.15, -0.1) is 0 Å². The van der Waals surface area contributed by atoms with Crippen LogP contribution in [0.15, 0.2) is 52.3 Å². The van der Waals surface area contributed by atoms with E-state index in [0.29, 0.717) is 0 Å². The molecule has 18 heavy (non-hydrogen) atoms. The summed E-state index contributed by atoms with van der Waals surface area (Å²) in [6.45, 7) is 0. The van der Waals surface area contributed by atoms with Gasteiger partial charge >= 0.3 is 0 Å². The SMILES string of the molecule is NC(=S)Nc1ccc2c(c1)Sc1ccccc1N2. The maximum absolute atomic E-state index is 5.48. The first-order valence-corrected chi connectivity index (χ1v) is 6.69. The zero-order chi connectivity index (χ0) is 12.5. The minimum atomic E-state index is 0.282. The Morgan fingerprint density at radius 2 is 1.89 bits per heavy atom. The van der Waals surface area contributed by atoms with Crippen LogP contribution < -0.4 is 16.4 Å². The molecule has 0 atom stereocenters. The van der Waals surface area contributed by atoms with Crippen molar-refractivity contribution in [2.75, 3.05) is 10.6 Å². The molecule has 0 unspecified atom stereocenters. The molecule has 0 aliphatic carbocycles. The van der Waals surface area contributed by atoms with E-state index in [9.17, 15) is 0 Å². The molecule has 0 spiro atoms. The number of nitrogens with one attached hydrogen (secondary N) is 2. The van der Waals surface area contributed by atoms with Crippen LogP contribution in [0.5, 0.6) is 0 Å². The van der Waals surface area contributed by atoms with Gasteiger partial charge < -0.3 is 16.4 Å². The normalized spacial score (nSPS) is 12.0. The molecule has 90 valence electrons. The molecule has 1 aliphatic rings. The highest BCUT2D eigenvalue weighted by molar-refractivity contribution is 7.99. The van der Waals surface area contributed by atoms with Gasteiger partial charge in [0.15, 0.2) is 5.11 Å². The smallest absolute Gasteiger partial charge is 0.168 e. The van der Waals surface area contributed by atoms with Crippen LogP contribution in [-0.2, 0) is 0 Å². The van der Waals surface area contributed by atoms with Crippen LogP contribution >= 0.6 is 24.0 Å². The number of rotatable bonds is 1. The van der Waals surface area contributed by atoms with Gasteiger partial charge in [-0.25, -0.2) is 0 Å². The van der Waals surface area contributed by atoms with Crippen LogP contribution in [0.1, 0.15) is 0 Å². The van der Waals surface area contributed by atoms with E-state index in [1.807, 2.05) is 30.3 Å². The molecule has 5 heteroatoms. The third kappa shape index (κ3) is 2.14. The van der Waals surface area contributed by atoms with Crippen LogP contribution in [-0.4, -0.2) is 5.11 Å². The van der Waals surface area contributed by atoms with E-state index >= 15 is 0 Å². The van der Waals surface area contributed by atoms with Crippen LogP contribution in [0.2, 0.25) is 0 Å². The molecule has 0 amide bonds. The lowest BCUT2D eigenvalue weighted by Gasteiger charge is -2.21. The fraction of sp³-hybridized carbons (Fsp3) is 0. The van der Waals surface area contributed by atoms with Gasteiger partial charge in [-0.1, -0.05) is 23.9 Å². The van der Waals surface area contributed by atoms with Gasteiger partial charge in [-0.05, 0) is 42.5 Å². The Kier molecular flexibility index (Phi) is 2.85. The first-order valence-electron chi connectivity index (χ1n) is 5.47. The molecule has 0 aromatic heterocycles. The number of thiocarbonyl (C=S) groups is 1. The van der Waals surface area contributed by atoms with Crippen LogP contribution in [0.25, 0.3) is 0 Å². The van der Waals surface area contributed by atoms with Crippen LogP contribution in [0.4, 0.5) is 17.1 Å². The second-order valence-corrected chi connectivity index (χ2v) is 5.45. The number of anilines is 3. The van der Waals surface area contributed by atoms with Gasteiger partial charge in [-0.3, -0.25) is 0 Å². The summed E-state index contributed by atoms with van der Waals surface area (Å²) in [5, 5.41) is 6.64. The molecule has 2 aromatic carbocycles. The van der Waals surface area contributed by atoms with Crippen molar-refractivity contribution in [2.24, 2.45) is 5.73 Å². The van der Waals surface area contributed by atoms with Crippen molar-refractivity contribution in [2.45, 2.75) is 9.79 Å². The Morgan fingerprint density at radius 3 is 2.72 bits per heavy atom. The molecule has 0 bridgehead atoms. The van der Waals surface area contributed by atoms with Gasteiger partial charge in [0.05, 0.1) is 11.4 Å². The first kappa shape index (κ1) is 11.4. The fourth-order valence-corrected chi connectivity index (χ4v) is 3.00. The molecule has 0 saturated heterocycles. The monoisotopic (exact) mass is 273 g/mol. The van der Waals surface area contributed by atoms with E-state index in [1.54, 1.807) is 11.8 Å². The first-order chi connectivity index (χ1) is 8.72. The van der Waals surface area contributed by atoms with Gasteiger partial charge in [0.1, 0.15) is 0 Å². The molecular weight excluding hydrogens is 262 g/mol. The van der Waals surface area contributed by atoms with Crippen molar-refractivity contribution in [3.63, 3.8) is 0 Å². The zero-order valence-corrected chi connectivity index (χ0v) is 11.1. The average Bonchev–Trinajstić information content (AvgIpc) is 2.35. The molecule has 3 nitrogen and oxygen atoms in total. The van der Waals surface area contributed by atoms with Crippen molar-refractivity contribution in [1.82, 2.24) is 0 Å². The average molecular weight is 273 g/mol. The summed E-state index contributed by atoms with van der Waals surface area (Å²) < 4.78 is 0. The van der Waals surface area contributed by atoms with Crippen LogP contribution in [0, 0.1) is 0 Å². The molecule has 4 N–H and O–H groups in total. The van der Waals surface area contributed by atoms with E-state index in [1.165, 1.54) is 4.90 Å². The number of fused-ring (bicyclic) bond motifs is 2. The lowest BCUT2D eigenvalue weighted by atomic mass is 10.2. The largest absolute Gasteiger partial charge is 0.376 e. The lowest BCUT2D eigenvalue weighted by molar-refractivity contribution is 1.31. The van der Waals surface area contributed by atoms with E-state index < -0.39 is 0 Å². The lowest BCUT2D eigenvalue weighted by Crippen LogP contribution is -2.18. The zero-order valence-electron chi connectivity index (χ0n) is 9.44. The second-order valence-electron chi connectivity index (χ2n) is 3.92. The number of benzene rings is 2. The van der Waals surface area contributed by atoms with E-state index in [4.69, 9.17) is 18.0 Å². The Morgan fingerprint density at radius 1 is 1.11 bits per heavy atom. The summed E-state index contributed by atoms with van der Waals surface area (Å²) >= 11 is 6.58. The van der Waals surface area contributed by atoms with Crippen LogP contribution in [0.3, 0.4) is 0 Å². The van der Waals surface area contributed by atoms with Crippen molar-refractivity contribution in [1.29, 1.82) is 0 Å². The Hall–Kier alpha value is -1.72. The quantitative estimate of drug-likeness (QED) is 0.592. The molecular formula is C13H11N3S2. The molecule has 0 fully saturated rings. The number of hydrogen-bond acceptors (Lipinski definition) is 3. The summed E-state index contributed by atoms with van der Waals surface area (Å²) in [5.41, 5.74) is 8.63. The summed E-state index contributed by atoms with van der Waals surface area (Å²) in [6, 6.07) is 14.3. The number of hydrogen-bond donors (Lipinski definition) is 3. The van der Waals surface area contributed by atoms with Crippen molar-refractivity contribution in [3.8, 4) is 0 Å².